The van der Waals surface area contributed by atoms with Crippen LogP contribution in [-0.2, 0) is 6.42 Å². The maximum absolute atomic E-state index is 13.0. The first-order chi connectivity index (χ1) is 11.5. The molecule has 4 N–H and O–H groups in total. The summed E-state index contributed by atoms with van der Waals surface area (Å²) in [6, 6.07) is 7.91. The molecule has 0 aliphatic rings. The van der Waals surface area contributed by atoms with E-state index in [1.54, 1.807) is 24.4 Å². The van der Waals surface area contributed by atoms with Gasteiger partial charge >= 0.3 is 0 Å². The zero-order valence-electron chi connectivity index (χ0n) is 12.9. The number of nitrogen functional groups attached to an aromatic ring is 1. The standard InChI is InChI=1S/C17H15FN4O2/c1-20-17(24)14-15(23)13-12(16(19)22-14)7-10(8-21-13)6-9-2-4-11(18)5-3-9/h2-5,7-8,23H,6H2,1H3,(H2,19,22)(H,20,24). The lowest BCUT2D eigenvalue weighted by Crippen LogP contribution is -2.20. The number of benzene rings is 1. The normalized spacial score (nSPS) is 10.8. The summed E-state index contributed by atoms with van der Waals surface area (Å²) >= 11 is 0. The van der Waals surface area contributed by atoms with Gasteiger partial charge in [0.1, 0.15) is 17.2 Å². The summed E-state index contributed by atoms with van der Waals surface area (Å²) in [6.07, 6.45) is 2.11. The predicted molar refractivity (Wildman–Crippen MR) is 88.2 cm³/mol. The molecule has 6 nitrogen and oxygen atoms in total. The van der Waals surface area contributed by atoms with Gasteiger partial charge in [-0.05, 0) is 35.7 Å². The van der Waals surface area contributed by atoms with Crippen LogP contribution in [0.1, 0.15) is 21.6 Å². The summed E-state index contributed by atoms with van der Waals surface area (Å²) in [6.45, 7) is 0. The highest BCUT2D eigenvalue weighted by Gasteiger charge is 2.18. The molecule has 1 amide bonds. The number of nitrogens with one attached hydrogen (secondary N) is 1. The Balaban J connectivity index is 2.04. The van der Waals surface area contributed by atoms with Crippen LogP contribution in [0, 0.1) is 5.82 Å². The number of amides is 1. The Hall–Kier alpha value is -3.22. The summed E-state index contributed by atoms with van der Waals surface area (Å²) < 4.78 is 13.0. The minimum atomic E-state index is -0.543. The monoisotopic (exact) mass is 326 g/mol. The third kappa shape index (κ3) is 2.83. The molecule has 0 saturated heterocycles. The van der Waals surface area contributed by atoms with Crippen molar-refractivity contribution in [2.24, 2.45) is 0 Å². The van der Waals surface area contributed by atoms with E-state index in [2.05, 4.69) is 15.3 Å². The van der Waals surface area contributed by atoms with Crippen LogP contribution in [0.3, 0.4) is 0 Å². The summed E-state index contributed by atoms with van der Waals surface area (Å²) in [5.74, 6) is -1.05. The van der Waals surface area contributed by atoms with Crippen molar-refractivity contribution in [2.45, 2.75) is 6.42 Å². The first-order valence-electron chi connectivity index (χ1n) is 7.23. The van der Waals surface area contributed by atoms with Gasteiger partial charge in [0.2, 0.25) is 0 Å². The van der Waals surface area contributed by atoms with Crippen molar-refractivity contribution in [3.8, 4) is 5.75 Å². The highest BCUT2D eigenvalue weighted by atomic mass is 19.1. The van der Waals surface area contributed by atoms with Crippen LogP contribution < -0.4 is 11.1 Å². The second kappa shape index (κ2) is 6.11. The molecule has 0 saturated carbocycles. The Morgan fingerprint density at radius 3 is 2.67 bits per heavy atom. The molecule has 2 aromatic heterocycles. The third-order valence-electron chi connectivity index (χ3n) is 3.66. The number of fused-ring (bicyclic) bond motifs is 1. The minimum absolute atomic E-state index is 0.106. The van der Waals surface area contributed by atoms with Crippen LogP contribution in [0.2, 0.25) is 0 Å². The number of halogens is 1. The van der Waals surface area contributed by atoms with Crippen molar-refractivity contribution in [3.63, 3.8) is 0 Å². The van der Waals surface area contributed by atoms with Crippen molar-refractivity contribution in [1.82, 2.24) is 15.3 Å². The van der Waals surface area contributed by atoms with Gasteiger partial charge in [-0.15, -0.1) is 0 Å². The van der Waals surface area contributed by atoms with Gasteiger partial charge < -0.3 is 16.2 Å². The van der Waals surface area contributed by atoms with Gasteiger partial charge in [0, 0.05) is 18.6 Å². The van der Waals surface area contributed by atoms with Gasteiger partial charge in [-0.2, -0.15) is 0 Å². The van der Waals surface area contributed by atoms with Crippen molar-refractivity contribution >= 4 is 22.6 Å². The molecule has 0 fully saturated rings. The molecular formula is C17H15FN4O2. The quantitative estimate of drug-likeness (QED) is 0.683. The predicted octanol–water partition coefficient (Wildman–Crippen LogP) is 2.01. The Kier molecular flexibility index (Phi) is 3.99. The molecule has 7 heteroatoms. The summed E-state index contributed by atoms with van der Waals surface area (Å²) in [5, 5.41) is 13.0. The number of aromatic nitrogens is 2. The number of hydrogen-bond acceptors (Lipinski definition) is 5. The maximum atomic E-state index is 13.0. The van der Waals surface area contributed by atoms with E-state index >= 15 is 0 Å². The van der Waals surface area contributed by atoms with Crippen molar-refractivity contribution in [2.75, 3.05) is 12.8 Å². The molecule has 24 heavy (non-hydrogen) atoms. The number of aromatic hydroxyl groups is 1. The Morgan fingerprint density at radius 2 is 2.00 bits per heavy atom. The van der Waals surface area contributed by atoms with Gasteiger partial charge in [0.25, 0.3) is 5.91 Å². The molecule has 0 spiro atoms. The number of pyridine rings is 2. The lowest BCUT2D eigenvalue weighted by Gasteiger charge is -2.10. The summed E-state index contributed by atoms with van der Waals surface area (Å²) in [5.41, 5.74) is 7.70. The van der Waals surface area contributed by atoms with Crippen molar-refractivity contribution < 1.29 is 14.3 Å². The first kappa shape index (κ1) is 15.7. The Labute approximate surface area is 137 Å². The Morgan fingerprint density at radius 1 is 1.29 bits per heavy atom. The maximum Gasteiger partial charge on any atom is 0.273 e. The molecule has 0 radical (unpaired) electrons. The SMILES string of the molecule is CNC(=O)c1nc(N)c2cc(Cc3ccc(F)cc3)cnc2c1O. The molecule has 2 heterocycles. The van der Waals surface area contributed by atoms with Crippen molar-refractivity contribution in [3.05, 3.63) is 59.2 Å². The minimum Gasteiger partial charge on any atom is -0.504 e. The molecule has 0 bridgehead atoms. The molecule has 3 rings (SSSR count). The zero-order valence-corrected chi connectivity index (χ0v) is 12.9. The number of rotatable bonds is 3. The lowest BCUT2D eigenvalue weighted by atomic mass is 10.0. The Bertz CT molecular complexity index is 926. The molecule has 0 atom stereocenters. The zero-order chi connectivity index (χ0) is 17.3. The van der Waals surface area contributed by atoms with E-state index in [0.29, 0.717) is 11.8 Å². The molecule has 0 unspecified atom stereocenters. The van der Waals surface area contributed by atoms with E-state index < -0.39 is 5.91 Å². The molecule has 3 aromatic rings. The molecule has 0 aliphatic heterocycles. The molecule has 122 valence electrons. The van der Waals surface area contributed by atoms with Gasteiger partial charge in [0.05, 0.1) is 0 Å². The van der Waals surface area contributed by atoms with Gasteiger partial charge in [-0.3, -0.25) is 9.78 Å². The van der Waals surface area contributed by atoms with Crippen LogP contribution in [0.5, 0.6) is 5.75 Å². The van der Waals surface area contributed by atoms with Crippen molar-refractivity contribution in [1.29, 1.82) is 0 Å². The van der Waals surface area contributed by atoms with Crippen LogP contribution in [-0.4, -0.2) is 28.0 Å². The first-order valence-corrected chi connectivity index (χ1v) is 7.23. The topological polar surface area (TPSA) is 101 Å². The molecule has 0 aliphatic carbocycles. The summed E-state index contributed by atoms with van der Waals surface area (Å²) in [7, 11) is 1.43. The number of nitrogens with two attached hydrogens (primary N) is 1. The van der Waals surface area contributed by atoms with E-state index in [1.165, 1.54) is 19.2 Å². The summed E-state index contributed by atoms with van der Waals surface area (Å²) in [4.78, 5) is 19.9. The average molecular weight is 326 g/mol. The number of hydrogen-bond donors (Lipinski definition) is 3. The van der Waals surface area contributed by atoms with E-state index in [4.69, 9.17) is 5.73 Å². The second-order valence-electron chi connectivity index (χ2n) is 5.32. The number of carbonyl (C=O) groups is 1. The van der Waals surface area contributed by atoms with E-state index in [-0.39, 0.29) is 28.6 Å². The number of carbonyl (C=O) groups excluding carboxylic acids is 1. The van der Waals surface area contributed by atoms with Crippen LogP contribution in [0.4, 0.5) is 10.2 Å². The third-order valence-corrected chi connectivity index (χ3v) is 3.66. The molecule has 1 aromatic carbocycles. The van der Waals surface area contributed by atoms with E-state index in [1.807, 2.05) is 0 Å². The fourth-order valence-corrected chi connectivity index (χ4v) is 2.45. The van der Waals surface area contributed by atoms with E-state index in [9.17, 15) is 14.3 Å². The van der Waals surface area contributed by atoms with Crippen LogP contribution in [0.25, 0.3) is 10.9 Å². The fourth-order valence-electron chi connectivity index (χ4n) is 2.45. The number of nitrogens with zero attached hydrogens (tertiary/aromatic N) is 2. The lowest BCUT2D eigenvalue weighted by molar-refractivity contribution is 0.0955. The average Bonchev–Trinajstić information content (AvgIpc) is 2.59. The number of anilines is 1. The highest BCUT2D eigenvalue weighted by Crippen LogP contribution is 2.30. The van der Waals surface area contributed by atoms with E-state index in [0.717, 1.165) is 11.1 Å². The van der Waals surface area contributed by atoms with Crippen LogP contribution in [0.15, 0.2) is 36.5 Å². The highest BCUT2D eigenvalue weighted by molar-refractivity contribution is 6.03. The second-order valence-corrected chi connectivity index (χ2v) is 5.32. The molecular weight excluding hydrogens is 311 g/mol. The smallest absolute Gasteiger partial charge is 0.273 e. The van der Waals surface area contributed by atoms with Gasteiger partial charge in [0.15, 0.2) is 11.4 Å². The van der Waals surface area contributed by atoms with Crippen LogP contribution >= 0.6 is 0 Å². The largest absolute Gasteiger partial charge is 0.504 e. The fraction of sp³-hybridized carbons (Fsp3) is 0.118. The van der Waals surface area contributed by atoms with Gasteiger partial charge in [-0.1, -0.05) is 12.1 Å². The van der Waals surface area contributed by atoms with Gasteiger partial charge in [-0.25, -0.2) is 9.37 Å².